The number of methoxy groups -OCH3 is 1. The van der Waals surface area contributed by atoms with E-state index in [0.717, 1.165) is 29.7 Å². The molecule has 1 unspecified atom stereocenters. The summed E-state index contributed by atoms with van der Waals surface area (Å²) < 4.78 is 16.2. The molecule has 4 aromatic rings. The van der Waals surface area contributed by atoms with Crippen LogP contribution < -0.4 is 5.32 Å². The molecule has 8 nitrogen and oxygen atoms in total. The van der Waals surface area contributed by atoms with Crippen molar-refractivity contribution in [3.63, 3.8) is 0 Å². The highest BCUT2D eigenvalue weighted by Gasteiger charge is 2.34. The van der Waals surface area contributed by atoms with E-state index in [1.165, 1.54) is 18.4 Å². The second-order valence-corrected chi connectivity index (χ2v) is 11.8. The van der Waals surface area contributed by atoms with Crippen molar-refractivity contribution in [2.24, 2.45) is 11.3 Å². The number of nitrogens with zero attached hydrogens (tertiary/aromatic N) is 1. The van der Waals surface area contributed by atoms with Gasteiger partial charge in [0, 0.05) is 4.88 Å². The molecule has 0 fully saturated rings. The van der Waals surface area contributed by atoms with Crippen LogP contribution in [0, 0.1) is 11.3 Å². The van der Waals surface area contributed by atoms with Gasteiger partial charge in [-0.25, -0.2) is 14.6 Å². The fourth-order valence-corrected chi connectivity index (χ4v) is 6.27. The maximum Gasteiger partial charge on any atom is 0.341 e. The van der Waals surface area contributed by atoms with E-state index in [2.05, 4.69) is 31.1 Å². The number of amides is 1. The molecule has 2 aromatic heterocycles. The Kier molecular flexibility index (Phi) is 7.27. The molecule has 0 aliphatic heterocycles. The third-order valence-corrected chi connectivity index (χ3v) is 8.31. The molecule has 2 aromatic carbocycles. The van der Waals surface area contributed by atoms with Crippen molar-refractivity contribution in [3.05, 3.63) is 70.1 Å². The summed E-state index contributed by atoms with van der Waals surface area (Å²) in [6.07, 6.45) is 2.54. The predicted molar refractivity (Wildman–Crippen MR) is 149 cm³/mol. The normalized spacial score (nSPS) is 15.0. The van der Waals surface area contributed by atoms with Gasteiger partial charge in [-0.3, -0.25) is 4.79 Å². The Morgan fingerprint density at radius 2 is 1.82 bits per heavy atom. The lowest BCUT2D eigenvalue weighted by molar-refractivity contribution is -0.119. The molecule has 39 heavy (non-hydrogen) atoms. The average molecular weight is 547 g/mol. The molecule has 0 radical (unpaired) electrons. The summed E-state index contributed by atoms with van der Waals surface area (Å²) in [5.74, 6) is -0.955. The highest BCUT2D eigenvalue weighted by atomic mass is 32.1. The highest BCUT2D eigenvalue weighted by molar-refractivity contribution is 7.17. The van der Waals surface area contributed by atoms with Crippen LogP contribution >= 0.6 is 11.3 Å². The smallest absolute Gasteiger partial charge is 0.341 e. The number of aromatic nitrogens is 1. The minimum absolute atomic E-state index is 0.138. The number of oxazole rings is 1. The molecule has 5 rings (SSSR count). The molecule has 0 spiro atoms. The lowest BCUT2D eigenvalue weighted by Gasteiger charge is -2.33. The van der Waals surface area contributed by atoms with Gasteiger partial charge in [0.25, 0.3) is 5.91 Å². The summed E-state index contributed by atoms with van der Waals surface area (Å²) in [6, 6.07) is 14.1. The Bertz CT molecular complexity index is 1530. The lowest BCUT2D eigenvalue weighted by Crippen LogP contribution is -2.26. The van der Waals surface area contributed by atoms with Gasteiger partial charge >= 0.3 is 11.9 Å². The number of hydrogen-bond donors (Lipinski definition) is 1. The first-order chi connectivity index (χ1) is 18.7. The maximum atomic E-state index is 13.0. The monoisotopic (exact) mass is 546 g/mol. The van der Waals surface area contributed by atoms with Gasteiger partial charge in [-0.05, 0) is 60.4 Å². The Morgan fingerprint density at radius 1 is 1.08 bits per heavy atom. The van der Waals surface area contributed by atoms with E-state index in [1.807, 2.05) is 18.2 Å². The average Bonchev–Trinajstić information content (AvgIpc) is 3.51. The van der Waals surface area contributed by atoms with Crippen molar-refractivity contribution in [2.75, 3.05) is 19.0 Å². The molecule has 1 N–H and O–H groups in total. The fourth-order valence-electron chi connectivity index (χ4n) is 4.94. The Labute approximate surface area is 230 Å². The van der Waals surface area contributed by atoms with Crippen LogP contribution in [-0.2, 0) is 27.1 Å². The van der Waals surface area contributed by atoms with Gasteiger partial charge in [0.05, 0.1) is 23.8 Å². The third-order valence-electron chi connectivity index (χ3n) is 7.14. The van der Waals surface area contributed by atoms with Gasteiger partial charge in [0.2, 0.25) is 5.89 Å². The number of nitrogens with one attached hydrogen (secondary N) is 1. The van der Waals surface area contributed by atoms with Crippen LogP contribution in [0.2, 0.25) is 0 Å². The molecule has 1 aliphatic rings. The number of para-hydroxylation sites is 2. The molecule has 0 saturated carbocycles. The number of thiophene rings is 1. The summed E-state index contributed by atoms with van der Waals surface area (Å²) >= 11 is 1.39. The van der Waals surface area contributed by atoms with Crippen LogP contribution in [0.5, 0.6) is 0 Å². The zero-order valence-electron chi connectivity index (χ0n) is 22.3. The number of fused-ring (bicyclic) bond motifs is 2. The van der Waals surface area contributed by atoms with E-state index in [-0.39, 0.29) is 16.9 Å². The van der Waals surface area contributed by atoms with Crippen molar-refractivity contribution >= 4 is 45.3 Å². The summed E-state index contributed by atoms with van der Waals surface area (Å²) in [5, 5.41) is 3.20. The van der Waals surface area contributed by atoms with Crippen LogP contribution in [0.15, 0.2) is 52.9 Å². The first kappa shape index (κ1) is 26.6. The number of benzene rings is 2. The van der Waals surface area contributed by atoms with Crippen molar-refractivity contribution in [3.8, 4) is 11.5 Å². The number of carbonyl (C=O) groups excluding carboxylic acids is 3. The molecule has 0 saturated heterocycles. The van der Waals surface area contributed by atoms with E-state index < -0.39 is 24.5 Å². The molecule has 1 amide bonds. The molecule has 1 aliphatic carbocycles. The standard InChI is InChI=1S/C30H30N2O6S/c1-30(2,3)17-13-14-20-23(15-17)39-27(25(20)29(35)36-4)32-24(33)16-37-28(34)19-10-6-5-9-18(19)26-31-21-11-7-8-12-22(21)38-26/h5-12,17H,13-16H2,1-4H3,(H,32,33). The maximum absolute atomic E-state index is 13.0. The Morgan fingerprint density at radius 3 is 2.56 bits per heavy atom. The first-order valence-electron chi connectivity index (χ1n) is 12.8. The van der Waals surface area contributed by atoms with Gasteiger partial charge in [-0.15, -0.1) is 11.3 Å². The second-order valence-electron chi connectivity index (χ2n) is 10.7. The summed E-state index contributed by atoms with van der Waals surface area (Å²) in [7, 11) is 1.33. The van der Waals surface area contributed by atoms with Crippen molar-refractivity contribution in [1.29, 1.82) is 0 Å². The molecule has 2 heterocycles. The number of carbonyl (C=O) groups is 3. The minimum Gasteiger partial charge on any atom is -0.465 e. The lowest BCUT2D eigenvalue weighted by atomic mass is 9.72. The van der Waals surface area contributed by atoms with Gasteiger partial charge in [0.1, 0.15) is 10.5 Å². The molecule has 1 atom stereocenters. The second kappa shape index (κ2) is 10.6. The number of ether oxygens (including phenoxy) is 2. The van der Waals surface area contributed by atoms with Crippen LogP contribution in [-0.4, -0.2) is 36.5 Å². The molecular formula is C30H30N2O6S. The van der Waals surface area contributed by atoms with E-state index >= 15 is 0 Å². The van der Waals surface area contributed by atoms with Gasteiger partial charge in [-0.2, -0.15) is 0 Å². The Hall–Kier alpha value is -3.98. The highest BCUT2D eigenvalue weighted by Crippen LogP contribution is 2.44. The van der Waals surface area contributed by atoms with Crippen LogP contribution in [0.1, 0.15) is 58.3 Å². The zero-order chi connectivity index (χ0) is 27.7. The zero-order valence-corrected chi connectivity index (χ0v) is 23.1. The number of anilines is 1. The molecule has 9 heteroatoms. The SMILES string of the molecule is COC(=O)c1c(NC(=O)COC(=O)c2ccccc2-c2nc3ccccc3o2)sc2c1CCC(C(C)(C)C)C2. The molecule has 202 valence electrons. The fraction of sp³-hybridized carbons (Fsp3) is 0.333. The van der Waals surface area contributed by atoms with E-state index in [0.29, 0.717) is 33.1 Å². The number of esters is 2. The predicted octanol–water partition coefficient (Wildman–Crippen LogP) is 6.29. The van der Waals surface area contributed by atoms with Gasteiger partial charge < -0.3 is 19.2 Å². The van der Waals surface area contributed by atoms with Crippen molar-refractivity contribution in [1.82, 2.24) is 4.98 Å². The topological polar surface area (TPSA) is 108 Å². The van der Waals surface area contributed by atoms with E-state index in [4.69, 9.17) is 13.9 Å². The number of rotatable bonds is 6. The van der Waals surface area contributed by atoms with Crippen LogP contribution in [0.3, 0.4) is 0 Å². The van der Waals surface area contributed by atoms with E-state index in [9.17, 15) is 14.4 Å². The quantitative estimate of drug-likeness (QED) is 0.283. The van der Waals surface area contributed by atoms with Crippen LogP contribution in [0.4, 0.5) is 5.00 Å². The first-order valence-corrected chi connectivity index (χ1v) is 13.6. The van der Waals surface area contributed by atoms with Crippen molar-refractivity contribution in [2.45, 2.75) is 40.0 Å². The van der Waals surface area contributed by atoms with Crippen LogP contribution in [0.25, 0.3) is 22.6 Å². The minimum atomic E-state index is -0.685. The van der Waals surface area contributed by atoms with E-state index in [1.54, 1.807) is 30.3 Å². The Balaban J connectivity index is 1.31. The number of hydrogen-bond acceptors (Lipinski definition) is 8. The molecule has 0 bridgehead atoms. The van der Waals surface area contributed by atoms with Crippen molar-refractivity contribution < 1.29 is 28.3 Å². The summed E-state index contributed by atoms with van der Waals surface area (Å²) in [5.41, 5.74) is 3.43. The molecular weight excluding hydrogens is 516 g/mol. The summed E-state index contributed by atoms with van der Waals surface area (Å²) in [4.78, 5) is 44.0. The summed E-state index contributed by atoms with van der Waals surface area (Å²) in [6.45, 7) is 6.14. The van der Waals surface area contributed by atoms with Gasteiger partial charge in [-0.1, -0.05) is 45.0 Å². The van der Waals surface area contributed by atoms with Gasteiger partial charge in [0.15, 0.2) is 12.2 Å². The third kappa shape index (κ3) is 5.45. The largest absolute Gasteiger partial charge is 0.465 e.